The summed E-state index contributed by atoms with van der Waals surface area (Å²) < 4.78 is 23.3. The van der Waals surface area contributed by atoms with Gasteiger partial charge in [0.05, 0.1) is 10.5 Å². The Labute approximate surface area is 101 Å². The van der Waals surface area contributed by atoms with E-state index in [0.717, 1.165) is 0 Å². The Balaban J connectivity index is 4.69. The molecule has 0 aliphatic heterocycles. The fourth-order valence-electron chi connectivity index (χ4n) is 1.30. The summed E-state index contributed by atoms with van der Waals surface area (Å²) >= 11 is 0. The summed E-state index contributed by atoms with van der Waals surface area (Å²) in [5.74, 6) is 0.621. The van der Waals surface area contributed by atoms with E-state index in [1.807, 2.05) is 0 Å². The molecular formula is C12H27NO2S. The molecule has 98 valence electrons. The first-order valence-electron chi connectivity index (χ1n) is 5.88. The van der Waals surface area contributed by atoms with Crippen molar-refractivity contribution in [1.29, 1.82) is 0 Å². The molecule has 0 saturated carbocycles. The predicted molar refractivity (Wildman–Crippen MR) is 70.2 cm³/mol. The van der Waals surface area contributed by atoms with E-state index in [-0.39, 0.29) is 11.2 Å². The Kier molecular flexibility index (Phi) is 5.02. The molecule has 0 aromatic rings. The molecule has 0 amide bonds. The first-order chi connectivity index (χ1) is 6.96. The summed E-state index contributed by atoms with van der Waals surface area (Å²) in [5, 5.41) is 0. The van der Waals surface area contributed by atoms with E-state index in [9.17, 15) is 8.42 Å². The van der Waals surface area contributed by atoms with Crippen molar-refractivity contribution in [2.75, 3.05) is 12.3 Å². The monoisotopic (exact) mass is 249 g/mol. The van der Waals surface area contributed by atoms with E-state index in [1.54, 1.807) is 20.8 Å². The van der Waals surface area contributed by atoms with Crippen LogP contribution in [0.3, 0.4) is 0 Å². The fourth-order valence-corrected chi connectivity index (χ4v) is 2.65. The van der Waals surface area contributed by atoms with Crippen LogP contribution in [0.15, 0.2) is 0 Å². The molecule has 0 aliphatic rings. The summed E-state index contributed by atoms with van der Waals surface area (Å²) in [6, 6.07) is 0. The Morgan fingerprint density at radius 2 is 1.56 bits per heavy atom. The van der Waals surface area contributed by atoms with Gasteiger partial charge in [-0.1, -0.05) is 20.8 Å². The van der Waals surface area contributed by atoms with Crippen LogP contribution < -0.4 is 5.73 Å². The van der Waals surface area contributed by atoms with Gasteiger partial charge in [-0.2, -0.15) is 0 Å². The summed E-state index contributed by atoms with van der Waals surface area (Å²) in [5.41, 5.74) is 5.67. The summed E-state index contributed by atoms with van der Waals surface area (Å²) in [4.78, 5) is 0. The second kappa shape index (κ2) is 5.05. The predicted octanol–water partition coefficient (Wildman–Crippen LogP) is 2.21. The lowest BCUT2D eigenvalue weighted by Gasteiger charge is -2.33. The first kappa shape index (κ1) is 15.9. The molecule has 0 aromatic carbocycles. The summed E-state index contributed by atoms with van der Waals surface area (Å²) in [6.07, 6.45) is 0.640. The second-order valence-corrected chi connectivity index (χ2v) is 9.06. The average molecular weight is 249 g/mol. The maximum Gasteiger partial charge on any atom is 0.155 e. The van der Waals surface area contributed by atoms with Gasteiger partial charge in [0, 0.05) is 0 Å². The third-order valence-electron chi connectivity index (χ3n) is 3.74. The van der Waals surface area contributed by atoms with Crippen LogP contribution in [-0.4, -0.2) is 25.5 Å². The van der Waals surface area contributed by atoms with Crippen molar-refractivity contribution >= 4 is 9.84 Å². The minimum absolute atomic E-state index is 0.0850. The van der Waals surface area contributed by atoms with E-state index in [0.29, 0.717) is 18.9 Å². The molecule has 0 aromatic heterocycles. The van der Waals surface area contributed by atoms with Gasteiger partial charge in [-0.15, -0.1) is 0 Å². The van der Waals surface area contributed by atoms with E-state index < -0.39 is 14.6 Å². The van der Waals surface area contributed by atoms with Crippen LogP contribution in [0.25, 0.3) is 0 Å². The van der Waals surface area contributed by atoms with Crippen LogP contribution in [-0.2, 0) is 9.84 Å². The number of hydrogen-bond acceptors (Lipinski definition) is 3. The van der Waals surface area contributed by atoms with E-state index >= 15 is 0 Å². The van der Waals surface area contributed by atoms with Crippen molar-refractivity contribution < 1.29 is 8.42 Å². The van der Waals surface area contributed by atoms with Gasteiger partial charge in [-0.05, 0) is 45.1 Å². The summed E-state index contributed by atoms with van der Waals surface area (Å²) in [7, 11) is -3.03. The molecule has 2 N–H and O–H groups in total. The number of hydrogen-bond donors (Lipinski definition) is 1. The first-order valence-corrected chi connectivity index (χ1v) is 7.54. The largest absolute Gasteiger partial charge is 0.330 e. The van der Waals surface area contributed by atoms with Crippen LogP contribution in [0, 0.1) is 11.3 Å². The van der Waals surface area contributed by atoms with Gasteiger partial charge in [-0.3, -0.25) is 0 Å². The van der Waals surface area contributed by atoms with Crippen molar-refractivity contribution in [3.8, 4) is 0 Å². The topological polar surface area (TPSA) is 60.2 Å². The minimum Gasteiger partial charge on any atom is -0.330 e. The van der Waals surface area contributed by atoms with Crippen LogP contribution in [0.1, 0.15) is 48.0 Å². The molecule has 0 heterocycles. The molecular weight excluding hydrogens is 222 g/mol. The maximum atomic E-state index is 12.0. The molecule has 0 radical (unpaired) electrons. The van der Waals surface area contributed by atoms with Crippen molar-refractivity contribution in [2.24, 2.45) is 17.1 Å². The average Bonchev–Trinajstić information content (AvgIpc) is 2.12. The third kappa shape index (κ3) is 3.74. The molecule has 4 heteroatoms. The Morgan fingerprint density at radius 1 is 1.12 bits per heavy atom. The maximum absolute atomic E-state index is 12.0. The van der Waals surface area contributed by atoms with E-state index in [2.05, 4.69) is 20.8 Å². The van der Waals surface area contributed by atoms with Crippen LogP contribution in [0.2, 0.25) is 0 Å². The van der Waals surface area contributed by atoms with Crippen molar-refractivity contribution in [2.45, 2.75) is 52.7 Å². The van der Waals surface area contributed by atoms with Gasteiger partial charge >= 0.3 is 0 Å². The van der Waals surface area contributed by atoms with E-state index in [4.69, 9.17) is 5.73 Å². The molecule has 1 unspecified atom stereocenters. The number of nitrogens with two attached hydrogens (primary N) is 1. The van der Waals surface area contributed by atoms with Crippen molar-refractivity contribution in [3.63, 3.8) is 0 Å². The lowest BCUT2D eigenvalue weighted by atomic mass is 9.77. The Morgan fingerprint density at radius 3 is 1.81 bits per heavy atom. The Hall–Kier alpha value is -0.0900. The van der Waals surface area contributed by atoms with Gasteiger partial charge in [0.1, 0.15) is 0 Å². The van der Waals surface area contributed by atoms with Crippen LogP contribution in [0.4, 0.5) is 0 Å². The zero-order valence-corrected chi connectivity index (χ0v) is 12.3. The highest BCUT2D eigenvalue weighted by atomic mass is 32.2. The van der Waals surface area contributed by atoms with Crippen LogP contribution >= 0.6 is 0 Å². The van der Waals surface area contributed by atoms with Gasteiger partial charge in [-0.25, -0.2) is 8.42 Å². The van der Waals surface area contributed by atoms with E-state index in [1.165, 1.54) is 0 Å². The zero-order chi connectivity index (χ0) is 13.2. The highest BCUT2D eigenvalue weighted by molar-refractivity contribution is 7.92. The highest BCUT2D eigenvalue weighted by Crippen LogP contribution is 2.31. The molecule has 0 aliphatic carbocycles. The SMILES string of the molecule is CC(C)C(C)(CN)CCS(=O)(=O)C(C)(C)C. The molecule has 0 fully saturated rings. The normalized spacial score (nSPS) is 17.5. The van der Waals surface area contributed by atoms with Gasteiger partial charge in [0.15, 0.2) is 9.84 Å². The number of rotatable bonds is 5. The molecule has 0 rings (SSSR count). The third-order valence-corrected chi connectivity index (χ3v) is 6.34. The zero-order valence-electron chi connectivity index (χ0n) is 11.5. The smallest absolute Gasteiger partial charge is 0.155 e. The second-order valence-electron chi connectivity index (χ2n) is 6.19. The quantitative estimate of drug-likeness (QED) is 0.812. The molecule has 0 spiro atoms. The molecule has 0 saturated heterocycles. The molecule has 0 bridgehead atoms. The van der Waals surface area contributed by atoms with Gasteiger partial charge in [0.25, 0.3) is 0 Å². The lowest BCUT2D eigenvalue weighted by Crippen LogP contribution is -2.37. The molecule has 3 nitrogen and oxygen atoms in total. The van der Waals surface area contributed by atoms with Gasteiger partial charge < -0.3 is 5.73 Å². The minimum atomic E-state index is -3.03. The summed E-state index contributed by atoms with van der Waals surface area (Å²) in [6.45, 7) is 12.0. The van der Waals surface area contributed by atoms with Crippen LogP contribution in [0.5, 0.6) is 0 Å². The fraction of sp³-hybridized carbons (Fsp3) is 1.00. The number of sulfone groups is 1. The molecule has 1 atom stereocenters. The van der Waals surface area contributed by atoms with Crippen molar-refractivity contribution in [3.05, 3.63) is 0 Å². The molecule has 16 heavy (non-hydrogen) atoms. The van der Waals surface area contributed by atoms with Crippen molar-refractivity contribution in [1.82, 2.24) is 0 Å². The standard InChI is InChI=1S/C12H27NO2S/c1-10(2)12(6,9-13)7-8-16(14,15)11(3,4)5/h10H,7-9,13H2,1-6H3. The lowest BCUT2D eigenvalue weighted by molar-refractivity contribution is 0.220. The Bertz CT molecular complexity index is 314. The van der Waals surface area contributed by atoms with Gasteiger partial charge in [0.2, 0.25) is 0 Å². The highest BCUT2D eigenvalue weighted by Gasteiger charge is 2.33.